The maximum Gasteiger partial charge on any atom is 0.343 e. The lowest BCUT2D eigenvalue weighted by Gasteiger charge is -2.25. The third-order valence-corrected chi connectivity index (χ3v) is 2.72. The van der Waals surface area contributed by atoms with Gasteiger partial charge in [-0.2, -0.15) is 4.90 Å². The molecule has 0 radical (unpaired) electrons. The zero-order valence-electron chi connectivity index (χ0n) is 12.0. The van der Waals surface area contributed by atoms with Gasteiger partial charge in [-0.1, -0.05) is 6.92 Å². The number of hydrogen-bond acceptors (Lipinski definition) is 5. The van der Waals surface area contributed by atoms with Gasteiger partial charge in [0.2, 0.25) is 0 Å². The van der Waals surface area contributed by atoms with Crippen LogP contribution in [0.4, 0.5) is 9.59 Å². The van der Waals surface area contributed by atoms with Crippen LogP contribution in [0.2, 0.25) is 0 Å². The van der Waals surface area contributed by atoms with Gasteiger partial charge in [0, 0.05) is 19.8 Å². The van der Waals surface area contributed by atoms with Crippen molar-refractivity contribution in [2.24, 2.45) is 0 Å². The lowest BCUT2D eigenvalue weighted by molar-refractivity contribution is 0.158. The van der Waals surface area contributed by atoms with Crippen LogP contribution in [0.15, 0.2) is 0 Å². The second kappa shape index (κ2) is 8.63. The first-order valence-corrected chi connectivity index (χ1v) is 6.98. The standard InChI is InChI=1S/C11H22N4O3S/c1-6-7-19-13-10(16)15(11(17)14(4)5)9(12)18-8(2)3/h8,12H,6-7H2,1-5H3,(H,13,16). The van der Waals surface area contributed by atoms with E-state index in [9.17, 15) is 9.59 Å². The first-order valence-electron chi connectivity index (χ1n) is 5.99. The number of rotatable bonds is 4. The summed E-state index contributed by atoms with van der Waals surface area (Å²) in [6.45, 7) is 5.42. The van der Waals surface area contributed by atoms with Crippen LogP contribution in [-0.2, 0) is 4.74 Å². The first kappa shape index (κ1) is 17.6. The molecule has 0 heterocycles. The minimum absolute atomic E-state index is 0.291. The Kier molecular flexibility index (Phi) is 7.97. The average molecular weight is 290 g/mol. The lowest BCUT2D eigenvalue weighted by atomic mass is 10.5. The van der Waals surface area contributed by atoms with Crippen molar-refractivity contribution in [3.05, 3.63) is 0 Å². The highest BCUT2D eigenvalue weighted by Crippen LogP contribution is 2.05. The Morgan fingerprint density at radius 3 is 2.37 bits per heavy atom. The molecule has 0 saturated heterocycles. The zero-order valence-corrected chi connectivity index (χ0v) is 12.8. The summed E-state index contributed by atoms with van der Waals surface area (Å²) >= 11 is 1.19. The molecule has 8 heteroatoms. The summed E-state index contributed by atoms with van der Waals surface area (Å²) in [6.07, 6.45) is 0.605. The van der Waals surface area contributed by atoms with Gasteiger partial charge in [0.1, 0.15) is 0 Å². The Labute approximate surface area is 118 Å². The Bertz CT molecular complexity index is 334. The van der Waals surface area contributed by atoms with Crippen molar-refractivity contribution < 1.29 is 14.3 Å². The molecule has 0 fully saturated rings. The monoisotopic (exact) mass is 290 g/mol. The van der Waals surface area contributed by atoms with Crippen molar-refractivity contribution in [2.75, 3.05) is 19.8 Å². The third kappa shape index (κ3) is 6.32. The molecule has 0 aliphatic heterocycles. The number of carbonyl (C=O) groups excluding carboxylic acids is 2. The van der Waals surface area contributed by atoms with E-state index in [1.807, 2.05) is 6.92 Å². The largest absolute Gasteiger partial charge is 0.462 e. The van der Waals surface area contributed by atoms with Crippen molar-refractivity contribution in [1.29, 1.82) is 5.41 Å². The first-order chi connectivity index (χ1) is 8.81. The fraction of sp³-hybridized carbons (Fsp3) is 0.727. The summed E-state index contributed by atoms with van der Waals surface area (Å²) in [5.74, 6) is 0.730. The van der Waals surface area contributed by atoms with E-state index < -0.39 is 18.1 Å². The Morgan fingerprint density at radius 1 is 1.37 bits per heavy atom. The molecule has 110 valence electrons. The van der Waals surface area contributed by atoms with Gasteiger partial charge in [-0.15, -0.1) is 0 Å². The van der Waals surface area contributed by atoms with Crippen molar-refractivity contribution in [2.45, 2.75) is 33.3 Å². The van der Waals surface area contributed by atoms with Crippen LogP contribution in [0, 0.1) is 5.41 Å². The molecular weight excluding hydrogens is 268 g/mol. The zero-order chi connectivity index (χ0) is 15.0. The number of imide groups is 1. The molecule has 0 spiro atoms. The topological polar surface area (TPSA) is 85.7 Å². The second-order valence-corrected chi connectivity index (χ2v) is 5.14. The van der Waals surface area contributed by atoms with Gasteiger partial charge < -0.3 is 9.64 Å². The smallest absolute Gasteiger partial charge is 0.343 e. The van der Waals surface area contributed by atoms with Crippen LogP contribution in [0.5, 0.6) is 0 Å². The average Bonchev–Trinajstić information content (AvgIpc) is 2.28. The SMILES string of the molecule is CCCSNC(=O)N(C(=N)OC(C)C)C(=O)N(C)C. The summed E-state index contributed by atoms with van der Waals surface area (Å²) < 4.78 is 7.61. The summed E-state index contributed by atoms with van der Waals surface area (Å²) in [5, 5.41) is 7.70. The number of amides is 4. The van der Waals surface area contributed by atoms with E-state index in [2.05, 4.69) is 4.72 Å². The van der Waals surface area contributed by atoms with E-state index in [0.717, 1.165) is 12.2 Å². The Morgan fingerprint density at radius 2 is 1.95 bits per heavy atom. The fourth-order valence-electron chi connectivity index (χ4n) is 1.00. The molecule has 0 aromatic heterocycles. The van der Waals surface area contributed by atoms with Gasteiger partial charge in [-0.05, 0) is 32.2 Å². The molecule has 0 atom stereocenters. The van der Waals surface area contributed by atoms with E-state index in [-0.39, 0.29) is 6.10 Å². The predicted molar refractivity (Wildman–Crippen MR) is 76.2 cm³/mol. The van der Waals surface area contributed by atoms with Gasteiger partial charge in [-0.25, -0.2) is 9.59 Å². The quantitative estimate of drug-likeness (QED) is 0.359. The summed E-state index contributed by atoms with van der Waals surface area (Å²) in [5.41, 5.74) is 0. The number of ether oxygens (including phenoxy) is 1. The number of nitrogens with one attached hydrogen (secondary N) is 2. The van der Waals surface area contributed by atoms with Crippen molar-refractivity contribution >= 4 is 30.0 Å². The van der Waals surface area contributed by atoms with Crippen molar-refractivity contribution in [3.8, 4) is 0 Å². The van der Waals surface area contributed by atoms with Crippen LogP contribution in [0.3, 0.4) is 0 Å². The number of urea groups is 2. The molecule has 7 nitrogen and oxygen atoms in total. The van der Waals surface area contributed by atoms with Gasteiger partial charge in [0.05, 0.1) is 6.10 Å². The highest BCUT2D eigenvalue weighted by atomic mass is 32.2. The van der Waals surface area contributed by atoms with E-state index in [0.29, 0.717) is 4.90 Å². The number of amidine groups is 1. The number of hydrogen-bond donors (Lipinski definition) is 2. The molecule has 4 amide bonds. The number of nitrogens with zero attached hydrogens (tertiary/aromatic N) is 2. The molecule has 0 bridgehead atoms. The van der Waals surface area contributed by atoms with Crippen LogP contribution >= 0.6 is 11.9 Å². The molecule has 2 N–H and O–H groups in total. The highest BCUT2D eigenvalue weighted by Gasteiger charge is 2.29. The van der Waals surface area contributed by atoms with Gasteiger partial charge in [0.15, 0.2) is 0 Å². The summed E-state index contributed by atoms with van der Waals surface area (Å²) in [7, 11) is 3.01. The van der Waals surface area contributed by atoms with E-state index >= 15 is 0 Å². The van der Waals surface area contributed by atoms with E-state index in [1.54, 1.807) is 13.8 Å². The molecule has 0 rings (SSSR count). The molecule has 0 aromatic rings. The Balaban J connectivity index is 4.80. The Hall–Kier alpha value is -1.44. The van der Waals surface area contributed by atoms with Crippen LogP contribution in [0.25, 0.3) is 0 Å². The molecule has 0 saturated carbocycles. The van der Waals surface area contributed by atoms with Gasteiger partial charge in [-0.3, -0.25) is 10.1 Å². The molecule has 0 unspecified atom stereocenters. The molecule has 19 heavy (non-hydrogen) atoms. The normalized spacial score (nSPS) is 10.0. The van der Waals surface area contributed by atoms with Crippen LogP contribution in [0.1, 0.15) is 27.2 Å². The van der Waals surface area contributed by atoms with E-state index in [1.165, 1.54) is 30.9 Å². The molecular formula is C11H22N4O3S. The fourth-order valence-corrected chi connectivity index (χ4v) is 1.52. The summed E-state index contributed by atoms with van der Waals surface area (Å²) in [6, 6.07) is -1.79. The van der Waals surface area contributed by atoms with Crippen LogP contribution < -0.4 is 4.72 Å². The van der Waals surface area contributed by atoms with E-state index in [4.69, 9.17) is 10.1 Å². The minimum Gasteiger partial charge on any atom is -0.462 e. The highest BCUT2D eigenvalue weighted by molar-refractivity contribution is 7.97. The maximum atomic E-state index is 11.9. The van der Waals surface area contributed by atoms with Gasteiger partial charge in [0.25, 0.3) is 0 Å². The minimum atomic E-state index is -0.678. The summed E-state index contributed by atoms with van der Waals surface area (Å²) in [4.78, 5) is 25.7. The maximum absolute atomic E-state index is 11.9. The third-order valence-electron chi connectivity index (χ3n) is 1.79. The van der Waals surface area contributed by atoms with Gasteiger partial charge >= 0.3 is 18.1 Å². The van der Waals surface area contributed by atoms with Crippen LogP contribution in [-0.4, -0.2) is 53.8 Å². The lowest BCUT2D eigenvalue weighted by Crippen LogP contribution is -2.50. The second-order valence-electron chi connectivity index (χ2n) is 4.24. The molecule has 0 aromatic carbocycles. The molecule has 0 aliphatic carbocycles. The number of carbonyl (C=O) groups is 2. The molecule has 0 aliphatic rings. The predicted octanol–water partition coefficient (Wildman–Crippen LogP) is 2.10. The van der Waals surface area contributed by atoms with Crippen molar-refractivity contribution in [1.82, 2.24) is 14.5 Å². The van der Waals surface area contributed by atoms with Crippen molar-refractivity contribution in [3.63, 3.8) is 0 Å².